The molecule has 1 amide bonds. The maximum atomic E-state index is 12.4. The van der Waals surface area contributed by atoms with E-state index >= 15 is 0 Å². The monoisotopic (exact) mass is 418 g/mol. The molecule has 0 aliphatic carbocycles. The SMILES string of the molecule is Cc1ccccc1NC(=O)/C(C#N)=C\c1ccc(-c2ccc([N+](=O)[O-])cc2[N+](=O)[O-])o1. The van der Waals surface area contributed by atoms with Gasteiger partial charge in [-0.15, -0.1) is 0 Å². The summed E-state index contributed by atoms with van der Waals surface area (Å²) < 4.78 is 5.54. The number of benzene rings is 2. The fraction of sp³-hybridized carbons (Fsp3) is 0.0476. The van der Waals surface area contributed by atoms with E-state index in [1.807, 2.05) is 6.07 Å². The summed E-state index contributed by atoms with van der Waals surface area (Å²) in [4.78, 5) is 33.1. The van der Waals surface area contributed by atoms with Crippen LogP contribution < -0.4 is 5.32 Å². The van der Waals surface area contributed by atoms with Crippen LogP contribution in [0.2, 0.25) is 0 Å². The zero-order valence-electron chi connectivity index (χ0n) is 16.1. The molecule has 0 unspecified atom stereocenters. The van der Waals surface area contributed by atoms with Crippen molar-refractivity contribution in [1.82, 2.24) is 0 Å². The summed E-state index contributed by atoms with van der Waals surface area (Å²) in [6.45, 7) is 1.81. The number of furan rings is 1. The van der Waals surface area contributed by atoms with E-state index in [0.717, 1.165) is 17.7 Å². The molecule has 154 valence electrons. The number of nitrogens with zero attached hydrogens (tertiary/aromatic N) is 3. The molecule has 0 bridgehead atoms. The zero-order valence-corrected chi connectivity index (χ0v) is 16.1. The van der Waals surface area contributed by atoms with Gasteiger partial charge in [-0.1, -0.05) is 18.2 Å². The third-order valence-electron chi connectivity index (χ3n) is 4.33. The Balaban J connectivity index is 1.91. The fourth-order valence-corrected chi connectivity index (χ4v) is 2.76. The van der Waals surface area contributed by atoms with Gasteiger partial charge >= 0.3 is 0 Å². The number of nitro benzene ring substituents is 2. The lowest BCUT2D eigenvalue weighted by Crippen LogP contribution is -2.14. The number of anilines is 1. The van der Waals surface area contributed by atoms with Gasteiger partial charge in [-0.05, 0) is 36.8 Å². The highest BCUT2D eigenvalue weighted by Gasteiger charge is 2.22. The highest BCUT2D eigenvalue weighted by Crippen LogP contribution is 2.34. The Hall–Kier alpha value is -4.78. The Labute approximate surface area is 175 Å². The van der Waals surface area contributed by atoms with E-state index in [-0.39, 0.29) is 22.7 Å². The first kappa shape index (κ1) is 20.9. The number of nitro groups is 2. The fourth-order valence-electron chi connectivity index (χ4n) is 2.76. The summed E-state index contributed by atoms with van der Waals surface area (Å²) in [6.07, 6.45) is 1.20. The van der Waals surface area contributed by atoms with Crippen molar-refractivity contribution in [2.24, 2.45) is 0 Å². The first-order chi connectivity index (χ1) is 14.8. The van der Waals surface area contributed by atoms with Crippen LogP contribution in [0.1, 0.15) is 11.3 Å². The maximum Gasteiger partial charge on any atom is 0.287 e. The third-order valence-corrected chi connectivity index (χ3v) is 4.33. The first-order valence-corrected chi connectivity index (χ1v) is 8.82. The van der Waals surface area contributed by atoms with Crippen LogP contribution in [0.4, 0.5) is 17.1 Å². The summed E-state index contributed by atoms with van der Waals surface area (Å²) in [5, 5.41) is 34.2. The molecule has 0 saturated carbocycles. The lowest BCUT2D eigenvalue weighted by Gasteiger charge is -2.06. The number of nitriles is 1. The summed E-state index contributed by atoms with van der Waals surface area (Å²) in [5.41, 5.74) is 0.230. The molecule has 1 N–H and O–H groups in total. The molecule has 0 radical (unpaired) electrons. The first-order valence-electron chi connectivity index (χ1n) is 8.82. The van der Waals surface area contributed by atoms with Crippen molar-refractivity contribution >= 4 is 29.0 Å². The smallest absolute Gasteiger partial charge is 0.287 e. The minimum Gasteiger partial charge on any atom is -0.456 e. The van der Waals surface area contributed by atoms with Crippen molar-refractivity contribution < 1.29 is 19.1 Å². The van der Waals surface area contributed by atoms with E-state index in [1.165, 1.54) is 24.3 Å². The standard InChI is InChI=1S/C21H14N4O6/c1-13-4-2-3-5-18(13)23-21(26)14(12-22)10-16-7-9-20(31-16)17-8-6-15(24(27)28)11-19(17)25(29)30/h2-11H,1H3,(H,23,26)/b14-10-. The van der Waals surface area contributed by atoms with Crippen LogP contribution in [0.25, 0.3) is 17.4 Å². The highest BCUT2D eigenvalue weighted by molar-refractivity contribution is 6.09. The second-order valence-corrected chi connectivity index (χ2v) is 6.36. The molecule has 0 saturated heterocycles. The van der Waals surface area contributed by atoms with Crippen LogP contribution in [-0.4, -0.2) is 15.8 Å². The van der Waals surface area contributed by atoms with Crippen molar-refractivity contribution in [2.45, 2.75) is 6.92 Å². The Kier molecular flexibility index (Phi) is 5.88. The minimum atomic E-state index is -0.753. The van der Waals surface area contributed by atoms with Gasteiger partial charge in [0.05, 0.1) is 21.5 Å². The number of carbonyl (C=O) groups is 1. The maximum absolute atomic E-state index is 12.4. The predicted octanol–water partition coefficient (Wildman–Crippen LogP) is 4.62. The number of amides is 1. The Morgan fingerprint density at radius 3 is 2.48 bits per heavy atom. The normalized spacial score (nSPS) is 10.9. The van der Waals surface area contributed by atoms with E-state index in [4.69, 9.17) is 4.42 Å². The van der Waals surface area contributed by atoms with Crippen LogP contribution in [-0.2, 0) is 4.79 Å². The third kappa shape index (κ3) is 4.63. The van der Waals surface area contributed by atoms with E-state index in [2.05, 4.69) is 5.32 Å². The number of hydrogen-bond donors (Lipinski definition) is 1. The van der Waals surface area contributed by atoms with E-state index < -0.39 is 27.1 Å². The summed E-state index contributed by atoms with van der Waals surface area (Å²) in [5.74, 6) is -0.473. The number of hydrogen-bond acceptors (Lipinski definition) is 7. The number of para-hydroxylation sites is 1. The molecule has 1 aromatic heterocycles. The van der Waals surface area contributed by atoms with Gasteiger partial charge in [0.25, 0.3) is 17.3 Å². The number of carbonyl (C=O) groups excluding carboxylic acids is 1. The number of non-ortho nitro benzene ring substituents is 1. The average molecular weight is 418 g/mol. The van der Waals surface area contributed by atoms with Crippen molar-refractivity contribution in [2.75, 3.05) is 5.32 Å². The van der Waals surface area contributed by atoms with Gasteiger partial charge in [0.15, 0.2) is 0 Å². The topological polar surface area (TPSA) is 152 Å². The Morgan fingerprint density at radius 2 is 1.84 bits per heavy atom. The van der Waals surface area contributed by atoms with Gasteiger partial charge < -0.3 is 9.73 Å². The van der Waals surface area contributed by atoms with Gasteiger partial charge in [0, 0.05) is 17.8 Å². The zero-order chi connectivity index (χ0) is 22.5. The van der Waals surface area contributed by atoms with Crippen LogP contribution in [0, 0.1) is 38.5 Å². The molecular formula is C21H14N4O6. The second kappa shape index (κ2) is 8.71. The number of nitrogens with one attached hydrogen (secondary N) is 1. The quantitative estimate of drug-likeness (QED) is 0.265. The largest absolute Gasteiger partial charge is 0.456 e. The van der Waals surface area contributed by atoms with Crippen LogP contribution in [0.5, 0.6) is 0 Å². The molecule has 3 aromatic rings. The minimum absolute atomic E-state index is 0.0260. The summed E-state index contributed by atoms with van der Waals surface area (Å²) >= 11 is 0. The summed E-state index contributed by atoms with van der Waals surface area (Å²) in [7, 11) is 0. The lowest BCUT2D eigenvalue weighted by atomic mass is 10.1. The molecule has 0 atom stereocenters. The van der Waals surface area contributed by atoms with E-state index in [1.54, 1.807) is 31.2 Å². The van der Waals surface area contributed by atoms with E-state index in [9.17, 15) is 30.3 Å². The van der Waals surface area contributed by atoms with Gasteiger partial charge in [-0.25, -0.2) is 0 Å². The average Bonchev–Trinajstić information content (AvgIpc) is 3.21. The molecule has 0 fully saturated rings. The molecule has 0 aliphatic rings. The molecule has 0 spiro atoms. The molecular weight excluding hydrogens is 404 g/mol. The van der Waals surface area contributed by atoms with Crippen molar-refractivity contribution in [3.63, 3.8) is 0 Å². The van der Waals surface area contributed by atoms with Gasteiger partial charge in [-0.2, -0.15) is 5.26 Å². The van der Waals surface area contributed by atoms with E-state index in [0.29, 0.717) is 5.69 Å². The summed E-state index contributed by atoms with van der Waals surface area (Å²) in [6, 6.07) is 14.9. The number of aryl methyl sites for hydroxylation is 1. The predicted molar refractivity (Wildman–Crippen MR) is 111 cm³/mol. The molecule has 2 aromatic carbocycles. The molecule has 3 rings (SSSR count). The van der Waals surface area contributed by atoms with Crippen molar-refractivity contribution in [3.8, 4) is 17.4 Å². The van der Waals surface area contributed by atoms with Gasteiger partial charge in [0.2, 0.25) is 0 Å². The lowest BCUT2D eigenvalue weighted by molar-refractivity contribution is -0.393. The molecule has 0 aliphatic heterocycles. The Bertz CT molecular complexity index is 1270. The van der Waals surface area contributed by atoms with Crippen molar-refractivity contribution in [3.05, 3.63) is 91.7 Å². The van der Waals surface area contributed by atoms with Crippen LogP contribution >= 0.6 is 0 Å². The highest BCUT2D eigenvalue weighted by atomic mass is 16.6. The molecule has 10 heteroatoms. The van der Waals surface area contributed by atoms with Crippen LogP contribution in [0.15, 0.2) is 64.6 Å². The van der Waals surface area contributed by atoms with Crippen molar-refractivity contribution in [1.29, 1.82) is 5.26 Å². The number of rotatable bonds is 6. The van der Waals surface area contributed by atoms with Crippen LogP contribution in [0.3, 0.4) is 0 Å². The Morgan fingerprint density at radius 1 is 1.10 bits per heavy atom. The second-order valence-electron chi connectivity index (χ2n) is 6.36. The van der Waals surface area contributed by atoms with Gasteiger partial charge in [-0.3, -0.25) is 25.0 Å². The molecule has 10 nitrogen and oxygen atoms in total. The molecule has 31 heavy (non-hydrogen) atoms. The van der Waals surface area contributed by atoms with Gasteiger partial charge in [0.1, 0.15) is 23.2 Å². The molecule has 1 heterocycles.